The van der Waals surface area contributed by atoms with Crippen LogP contribution in [0.5, 0.6) is 0 Å². The Morgan fingerprint density at radius 1 is 1.24 bits per heavy atom. The maximum absolute atomic E-state index is 11.2. The molecule has 1 aromatic heterocycles. The molecule has 1 aromatic rings. The van der Waals surface area contributed by atoms with Crippen molar-refractivity contribution in [2.75, 3.05) is 23.7 Å². The van der Waals surface area contributed by atoms with E-state index in [1.807, 2.05) is 6.92 Å². The van der Waals surface area contributed by atoms with Crippen LogP contribution >= 0.6 is 0 Å². The highest BCUT2D eigenvalue weighted by atomic mass is 16.6. The van der Waals surface area contributed by atoms with Crippen molar-refractivity contribution in [3.05, 3.63) is 16.4 Å². The SMILES string of the molecule is CCCCC(CC)CNc1ncnc(NCC)c1[N+](=O)[O-]. The summed E-state index contributed by atoms with van der Waals surface area (Å²) in [7, 11) is 0. The van der Waals surface area contributed by atoms with Crippen molar-refractivity contribution >= 4 is 17.3 Å². The first-order chi connectivity index (χ1) is 10.1. The molecule has 1 heterocycles. The van der Waals surface area contributed by atoms with Gasteiger partial charge in [0.25, 0.3) is 0 Å². The summed E-state index contributed by atoms with van der Waals surface area (Å²) >= 11 is 0. The number of hydrogen-bond acceptors (Lipinski definition) is 6. The normalized spacial score (nSPS) is 12.0. The lowest BCUT2D eigenvalue weighted by molar-refractivity contribution is -0.383. The summed E-state index contributed by atoms with van der Waals surface area (Å²) in [5.41, 5.74) is -0.0790. The van der Waals surface area contributed by atoms with E-state index in [1.165, 1.54) is 12.7 Å². The molecule has 118 valence electrons. The predicted octanol–water partition coefficient (Wildman–Crippen LogP) is 3.44. The maximum atomic E-state index is 11.2. The van der Waals surface area contributed by atoms with E-state index in [0.717, 1.165) is 19.3 Å². The Hall–Kier alpha value is -1.92. The predicted molar refractivity (Wildman–Crippen MR) is 84.6 cm³/mol. The second-order valence-corrected chi connectivity index (χ2v) is 5.00. The molecule has 0 fully saturated rings. The van der Waals surface area contributed by atoms with Crippen molar-refractivity contribution in [3.8, 4) is 0 Å². The zero-order valence-electron chi connectivity index (χ0n) is 13.1. The maximum Gasteiger partial charge on any atom is 0.353 e. The Kier molecular flexibility index (Phi) is 7.42. The van der Waals surface area contributed by atoms with Crippen LogP contribution in [0.4, 0.5) is 17.3 Å². The third kappa shape index (κ3) is 5.17. The van der Waals surface area contributed by atoms with Crippen molar-refractivity contribution in [2.45, 2.75) is 46.5 Å². The van der Waals surface area contributed by atoms with Gasteiger partial charge in [-0.3, -0.25) is 10.1 Å². The third-order valence-electron chi connectivity index (χ3n) is 3.45. The lowest BCUT2D eigenvalue weighted by Crippen LogP contribution is -2.16. The number of anilines is 2. The summed E-state index contributed by atoms with van der Waals surface area (Å²) in [6.07, 6.45) is 5.86. The molecule has 2 N–H and O–H groups in total. The Labute approximate surface area is 125 Å². The molecule has 0 saturated carbocycles. The molecule has 0 spiro atoms. The van der Waals surface area contributed by atoms with Gasteiger partial charge in [0, 0.05) is 13.1 Å². The van der Waals surface area contributed by atoms with Gasteiger partial charge in [-0.1, -0.05) is 33.1 Å². The van der Waals surface area contributed by atoms with E-state index in [0.29, 0.717) is 24.8 Å². The molecular weight excluding hydrogens is 270 g/mol. The molecule has 1 atom stereocenters. The summed E-state index contributed by atoms with van der Waals surface area (Å²) in [5, 5.41) is 17.3. The standard InChI is InChI=1S/C14H25N5O2/c1-4-7-8-11(5-2)9-16-14-12(19(20)21)13(15-6-3)17-10-18-14/h10-11H,4-9H2,1-3H3,(H2,15,16,17,18). The van der Waals surface area contributed by atoms with E-state index < -0.39 is 4.92 Å². The first-order valence-corrected chi connectivity index (χ1v) is 7.61. The molecular formula is C14H25N5O2. The first kappa shape index (κ1) is 17.1. The average molecular weight is 295 g/mol. The largest absolute Gasteiger partial charge is 0.364 e. The fraction of sp³-hybridized carbons (Fsp3) is 0.714. The van der Waals surface area contributed by atoms with Crippen molar-refractivity contribution < 1.29 is 4.92 Å². The Balaban J connectivity index is 2.82. The number of hydrogen-bond donors (Lipinski definition) is 2. The van der Waals surface area contributed by atoms with Crippen LogP contribution in [0.25, 0.3) is 0 Å². The number of unbranched alkanes of at least 4 members (excludes halogenated alkanes) is 1. The van der Waals surface area contributed by atoms with Crippen LogP contribution in [-0.4, -0.2) is 28.0 Å². The van der Waals surface area contributed by atoms with Crippen molar-refractivity contribution in [1.82, 2.24) is 9.97 Å². The second kappa shape index (κ2) is 9.10. The highest BCUT2D eigenvalue weighted by molar-refractivity contribution is 5.69. The monoisotopic (exact) mass is 295 g/mol. The molecule has 1 unspecified atom stereocenters. The van der Waals surface area contributed by atoms with E-state index >= 15 is 0 Å². The Morgan fingerprint density at radius 3 is 2.43 bits per heavy atom. The zero-order valence-corrected chi connectivity index (χ0v) is 13.1. The Bertz CT molecular complexity index is 453. The van der Waals surface area contributed by atoms with Gasteiger partial charge in [-0.15, -0.1) is 0 Å². The highest BCUT2D eigenvalue weighted by Crippen LogP contribution is 2.29. The van der Waals surface area contributed by atoms with Gasteiger partial charge in [0.15, 0.2) is 0 Å². The van der Waals surface area contributed by atoms with Gasteiger partial charge in [0.05, 0.1) is 4.92 Å². The van der Waals surface area contributed by atoms with Gasteiger partial charge in [-0.05, 0) is 19.3 Å². The van der Waals surface area contributed by atoms with Crippen molar-refractivity contribution in [1.29, 1.82) is 0 Å². The molecule has 0 aliphatic heterocycles. The number of nitrogens with one attached hydrogen (secondary N) is 2. The van der Waals surface area contributed by atoms with Gasteiger partial charge in [-0.25, -0.2) is 9.97 Å². The van der Waals surface area contributed by atoms with Crippen LogP contribution in [0.15, 0.2) is 6.33 Å². The van der Waals surface area contributed by atoms with E-state index in [1.54, 1.807) is 0 Å². The number of nitrogens with zero attached hydrogens (tertiary/aromatic N) is 3. The van der Waals surface area contributed by atoms with E-state index in [9.17, 15) is 10.1 Å². The van der Waals surface area contributed by atoms with E-state index in [-0.39, 0.29) is 11.5 Å². The second-order valence-electron chi connectivity index (χ2n) is 5.00. The minimum atomic E-state index is -0.437. The lowest BCUT2D eigenvalue weighted by Gasteiger charge is -2.16. The topological polar surface area (TPSA) is 93.0 Å². The van der Waals surface area contributed by atoms with Crippen LogP contribution in [0.2, 0.25) is 0 Å². The van der Waals surface area contributed by atoms with Gasteiger partial charge < -0.3 is 10.6 Å². The summed E-state index contributed by atoms with van der Waals surface area (Å²) in [4.78, 5) is 18.8. The molecule has 21 heavy (non-hydrogen) atoms. The van der Waals surface area contributed by atoms with Crippen LogP contribution in [0, 0.1) is 16.0 Å². The Morgan fingerprint density at radius 2 is 1.90 bits per heavy atom. The quantitative estimate of drug-likeness (QED) is 0.507. The molecule has 7 nitrogen and oxygen atoms in total. The first-order valence-electron chi connectivity index (χ1n) is 7.61. The molecule has 0 aliphatic carbocycles. The summed E-state index contributed by atoms with van der Waals surface area (Å²) in [6.45, 7) is 7.45. The fourth-order valence-electron chi connectivity index (χ4n) is 2.16. The lowest BCUT2D eigenvalue weighted by atomic mass is 9.99. The number of rotatable bonds is 10. The van der Waals surface area contributed by atoms with Crippen LogP contribution in [0.3, 0.4) is 0 Å². The fourth-order valence-corrected chi connectivity index (χ4v) is 2.16. The molecule has 0 amide bonds. The van der Waals surface area contributed by atoms with Gasteiger partial charge >= 0.3 is 5.69 Å². The number of nitro groups is 1. The third-order valence-corrected chi connectivity index (χ3v) is 3.45. The zero-order chi connectivity index (χ0) is 15.7. The molecule has 7 heteroatoms. The van der Waals surface area contributed by atoms with Crippen LogP contribution in [-0.2, 0) is 0 Å². The average Bonchev–Trinajstić information content (AvgIpc) is 2.47. The van der Waals surface area contributed by atoms with Crippen LogP contribution < -0.4 is 10.6 Å². The summed E-state index contributed by atoms with van der Waals surface area (Å²) in [5.74, 6) is 1.06. The highest BCUT2D eigenvalue weighted by Gasteiger charge is 2.22. The minimum absolute atomic E-state index is 0.0790. The van der Waals surface area contributed by atoms with Crippen molar-refractivity contribution in [3.63, 3.8) is 0 Å². The molecule has 0 saturated heterocycles. The smallest absolute Gasteiger partial charge is 0.353 e. The summed E-state index contributed by atoms with van der Waals surface area (Å²) < 4.78 is 0. The summed E-state index contributed by atoms with van der Waals surface area (Å²) in [6, 6.07) is 0. The molecule has 0 aromatic carbocycles. The van der Waals surface area contributed by atoms with Crippen LogP contribution in [0.1, 0.15) is 46.5 Å². The molecule has 0 bridgehead atoms. The van der Waals surface area contributed by atoms with Gasteiger partial charge in [-0.2, -0.15) is 0 Å². The van der Waals surface area contributed by atoms with Gasteiger partial charge in [0.1, 0.15) is 6.33 Å². The van der Waals surface area contributed by atoms with Gasteiger partial charge in [0.2, 0.25) is 11.6 Å². The van der Waals surface area contributed by atoms with Crippen molar-refractivity contribution in [2.24, 2.45) is 5.92 Å². The van der Waals surface area contributed by atoms with E-state index in [2.05, 4.69) is 34.4 Å². The van der Waals surface area contributed by atoms with E-state index in [4.69, 9.17) is 0 Å². The molecule has 1 rings (SSSR count). The molecule has 0 aliphatic rings. The molecule has 0 radical (unpaired) electrons. The number of aromatic nitrogens is 2. The minimum Gasteiger partial charge on any atom is -0.364 e.